The van der Waals surface area contributed by atoms with Gasteiger partial charge in [-0.15, -0.1) is 0 Å². The van der Waals surface area contributed by atoms with E-state index in [1.807, 2.05) is 50.4 Å². The SMILES string of the molecule is C[C@H](c1cccc(S(N)(=O)=O)c1)N(C)CCCOc1ccccc1. The lowest BCUT2D eigenvalue weighted by Crippen LogP contribution is -2.25. The van der Waals surface area contributed by atoms with Gasteiger partial charge in [-0.1, -0.05) is 30.3 Å². The van der Waals surface area contributed by atoms with E-state index in [4.69, 9.17) is 9.88 Å². The van der Waals surface area contributed by atoms with E-state index in [-0.39, 0.29) is 10.9 Å². The van der Waals surface area contributed by atoms with Crippen molar-refractivity contribution in [2.45, 2.75) is 24.3 Å². The van der Waals surface area contributed by atoms with Crippen molar-refractivity contribution in [2.75, 3.05) is 20.2 Å². The lowest BCUT2D eigenvalue weighted by molar-refractivity contribution is 0.226. The molecule has 0 aliphatic heterocycles. The minimum atomic E-state index is -3.67. The van der Waals surface area contributed by atoms with E-state index in [2.05, 4.69) is 4.90 Å². The van der Waals surface area contributed by atoms with Crippen molar-refractivity contribution < 1.29 is 13.2 Å². The van der Waals surface area contributed by atoms with E-state index in [0.29, 0.717) is 6.61 Å². The summed E-state index contributed by atoms with van der Waals surface area (Å²) >= 11 is 0. The van der Waals surface area contributed by atoms with Crippen molar-refractivity contribution in [3.8, 4) is 5.75 Å². The average molecular weight is 348 g/mol. The molecule has 0 aliphatic carbocycles. The van der Waals surface area contributed by atoms with Gasteiger partial charge in [0.15, 0.2) is 0 Å². The van der Waals surface area contributed by atoms with Crippen LogP contribution in [0, 0.1) is 0 Å². The highest BCUT2D eigenvalue weighted by atomic mass is 32.2. The Balaban J connectivity index is 1.87. The van der Waals surface area contributed by atoms with Gasteiger partial charge < -0.3 is 4.74 Å². The molecule has 0 fully saturated rings. The fourth-order valence-corrected chi connectivity index (χ4v) is 2.99. The van der Waals surface area contributed by atoms with Crippen molar-refractivity contribution in [2.24, 2.45) is 5.14 Å². The second-order valence-corrected chi connectivity index (χ2v) is 7.35. The molecule has 0 spiro atoms. The lowest BCUT2D eigenvalue weighted by atomic mass is 10.1. The van der Waals surface area contributed by atoms with Crippen LogP contribution in [0.2, 0.25) is 0 Å². The molecule has 0 heterocycles. The Labute approximate surface area is 144 Å². The fraction of sp³-hybridized carbons (Fsp3) is 0.333. The highest BCUT2D eigenvalue weighted by Gasteiger charge is 2.14. The summed E-state index contributed by atoms with van der Waals surface area (Å²) in [5.74, 6) is 0.869. The second kappa shape index (κ2) is 8.28. The smallest absolute Gasteiger partial charge is 0.238 e. The number of sulfonamides is 1. The Morgan fingerprint density at radius 2 is 1.83 bits per heavy atom. The predicted octanol–water partition coefficient (Wildman–Crippen LogP) is 2.80. The van der Waals surface area contributed by atoms with E-state index >= 15 is 0 Å². The Kier molecular flexibility index (Phi) is 6.36. The summed E-state index contributed by atoms with van der Waals surface area (Å²) in [7, 11) is -1.66. The third-order valence-corrected chi connectivity index (χ3v) is 4.91. The first-order valence-corrected chi connectivity index (χ1v) is 9.43. The average Bonchev–Trinajstić information content (AvgIpc) is 2.58. The molecule has 2 aromatic carbocycles. The number of para-hydroxylation sites is 1. The van der Waals surface area contributed by atoms with Gasteiger partial charge in [0.2, 0.25) is 10.0 Å². The number of nitrogens with two attached hydrogens (primary N) is 1. The standard InChI is InChI=1S/C18H24N2O3S/c1-15(16-8-6-11-18(14-16)24(19,21)22)20(2)12-7-13-23-17-9-4-3-5-10-17/h3-6,8-11,14-15H,7,12-13H2,1-2H3,(H2,19,21,22)/t15-/m1/s1. The molecule has 130 valence electrons. The van der Waals surface area contributed by atoms with Crippen molar-refractivity contribution in [1.82, 2.24) is 4.90 Å². The first-order chi connectivity index (χ1) is 11.4. The van der Waals surface area contributed by atoms with E-state index in [1.54, 1.807) is 12.1 Å². The van der Waals surface area contributed by atoms with Crippen LogP contribution in [0.25, 0.3) is 0 Å². The first-order valence-electron chi connectivity index (χ1n) is 7.89. The van der Waals surface area contributed by atoms with Gasteiger partial charge in [0.25, 0.3) is 0 Å². The molecule has 0 amide bonds. The van der Waals surface area contributed by atoms with E-state index < -0.39 is 10.0 Å². The van der Waals surface area contributed by atoms with Gasteiger partial charge in [-0.2, -0.15) is 0 Å². The zero-order chi connectivity index (χ0) is 17.6. The molecule has 2 rings (SSSR count). The van der Waals surface area contributed by atoms with Crippen molar-refractivity contribution >= 4 is 10.0 Å². The van der Waals surface area contributed by atoms with E-state index in [9.17, 15) is 8.42 Å². The molecule has 0 radical (unpaired) electrons. The first kappa shape index (κ1) is 18.4. The Morgan fingerprint density at radius 3 is 2.50 bits per heavy atom. The number of hydrogen-bond acceptors (Lipinski definition) is 4. The largest absolute Gasteiger partial charge is 0.494 e. The summed E-state index contributed by atoms with van der Waals surface area (Å²) in [6, 6.07) is 16.6. The van der Waals surface area contributed by atoms with Crippen LogP contribution in [-0.4, -0.2) is 33.5 Å². The maximum atomic E-state index is 11.5. The van der Waals surface area contributed by atoms with Gasteiger partial charge in [0.1, 0.15) is 5.75 Å². The van der Waals surface area contributed by atoms with Crippen molar-refractivity contribution in [3.05, 3.63) is 60.2 Å². The van der Waals surface area contributed by atoms with Crippen molar-refractivity contribution in [3.63, 3.8) is 0 Å². The van der Waals surface area contributed by atoms with Crippen LogP contribution >= 0.6 is 0 Å². The van der Waals surface area contributed by atoms with Crippen molar-refractivity contribution in [1.29, 1.82) is 0 Å². The van der Waals surface area contributed by atoms with Crippen LogP contribution in [0.5, 0.6) is 5.75 Å². The Hall–Kier alpha value is -1.89. The molecule has 2 N–H and O–H groups in total. The molecule has 2 aromatic rings. The highest BCUT2D eigenvalue weighted by Crippen LogP contribution is 2.21. The van der Waals surface area contributed by atoms with Gasteiger partial charge in [-0.25, -0.2) is 13.6 Å². The van der Waals surface area contributed by atoms with Crippen LogP contribution in [0.15, 0.2) is 59.5 Å². The minimum Gasteiger partial charge on any atom is -0.494 e. The number of nitrogens with zero attached hydrogens (tertiary/aromatic N) is 1. The van der Waals surface area contributed by atoms with Crippen LogP contribution < -0.4 is 9.88 Å². The van der Waals surface area contributed by atoms with Crippen LogP contribution in [0.4, 0.5) is 0 Å². The molecule has 24 heavy (non-hydrogen) atoms. The summed E-state index contributed by atoms with van der Waals surface area (Å²) in [5.41, 5.74) is 0.924. The van der Waals surface area contributed by atoms with E-state index in [0.717, 1.165) is 24.3 Å². The third kappa shape index (κ3) is 5.33. The molecular formula is C18H24N2O3S. The van der Waals surface area contributed by atoms with Gasteiger partial charge in [0.05, 0.1) is 11.5 Å². The summed E-state index contributed by atoms with van der Waals surface area (Å²) in [5, 5.41) is 5.20. The summed E-state index contributed by atoms with van der Waals surface area (Å²) < 4.78 is 28.6. The number of ether oxygens (including phenoxy) is 1. The monoisotopic (exact) mass is 348 g/mol. The van der Waals surface area contributed by atoms with Crippen LogP contribution in [0.3, 0.4) is 0 Å². The molecule has 0 aliphatic rings. The van der Waals surface area contributed by atoms with Gasteiger partial charge in [-0.3, -0.25) is 4.90 Å². The zero-order valence-corrected chi connectivity index (χ0v) is 14.9. The molecule has 0 saturated carbocycles. The number of hydrogen-bond donors (Lipinski definition) is 1. The fourth-order valence-electron chi connectivity index (χ4n) is 2.42. The highest BCUT2D eigenvalue weighted by molar-refractivity contribution is 7.89. The maximum absolute atomic E-state index is 11.5. The summed E-state index contributed by atoms with van der Waals surface area (Å²) in [6.45, 7) is 3.52. The molecule has 0 aromatic heterocycles. The minimum absolute atomic E-state index is 0.0865. The molecule has 5 nitrogen and oxygen atoms in total. The molecule has 6 heteroatoms. The normalized spacial score (nSPS) is 13.0. The number of benzene rings is 2. The Morgan fingerprint density at radius 1 is 1.12 bits per heavy atom. The quantitative estimate of drug-likeness (QED) is 0.745. The van der Waals surface area contributed by atoms with Gasteiger partial charge >= 0.3 is 0 Å². The van der Waals surface area contributed by atoms with Crippen LogP contribution in [-0.2, 0) is 10.0 Å². The van der Waals surface area contributed by atoms with Gasteiger partial charge in [0, 0.05) is 12.6 Å². The number of primary sulfonamides is 1. The molecular weight excluding hydrogens is 324 g/mol. The Bertz CT molecular complexity index is 748. The van der Waals surface area contributed by atoms with Gasteiger partial charge in [-0.05, 0) is 50.2 Å². The molecule has 0 saturated heterocycles. The third-order valence-electron chi connectivity index (χ3n) is 4.00. The maximum Gasteiger partial charge on any atom is 0.238 e. The second-order valence-electron chi connectivity index (χ2n) is 5.79. The summed E-state index contributed by atoms with van der Waals surface area (Å²) in [4.78, 5) is 2.31. The summed E-state index contributed by atoms with van der Waals surface area (Å²) in [6.07, 6.45) is 0.880. The van der Waals surface area contributed by atoms with Crippen LogP contribution in [0.1, 0.15) is 24.9 Å². The van der Waals surface area contributed by atoms with E-state index in [1.165, 1.54) is 6.07 Å². The zero-order valence-electron chi connectivity index (χ0n) is 14.1. The molecule has 0 unspecified atom stereocenters. The lowest BCUT2D eigenvalue weighted by Gasteiger charge is -2.25. The topological polar surface area (TPSA) is 72.6 Å². The number of rotatable bonds is 8. The molecule has 1 atom stereocenters. The predicted molar refractivity (Wildman–Crippen MR) is 95.4 cm³/mol. The molecule has 0 bridgehead atoms.